The van der Waals surface area contributed by atoms with Crippen LogP contribution in [0, 0.1) is 6.92 Å². The van der Waals surface area contributed by atoms with Crippen LogP contribution in [0.25, 0.3) is 0 Å². The Morgan fingerprint density at radius 2 is 1.54 bits per heavy atom. The zero-order valence-electron chi connectivity index (χ0n) is 23.1. The fourth-order valence-corrected chi connectivity index (χ4v) is 5.37. The number of hydrogen-bond donors (Lipinski definition) is 1. The number of sulfonamides is 1. The van der Waals surface area contributed by atoms with Crippen molar-refractivity contribution in [2.45, 2.75) is 57.6 Å². The predicted molar refractivity (Wildman–Crippen MR) is 153 cm³/mol. The minimum Gasteiger partial charge on any atom is -0.497 e. The molecule has 3 aromatic carbocycles. The minimum atomic E-state index is -4.11. The second-order valence-electron chi connectivity index (χ2n) is 9.52. The molecule has 0 saturated carbocycles. The molecule has 208 valence electrons. The van der Waals surface area contributed by atoms with E-state index in [1.807, 2.05) is 45.0 Å². The number of aryl methyl sites for hydroxylation is 1. The molecule has 0 saturated heterocycles. The number of anilines is 1. The van der Waals surface area contributed by atoms with E-state index in [0.29, 0.717) is 11.4 Å². The topological polar surface area (TPSA) is 96.0 Å². The molecule has 0 bridgehead atoms. The Balaban J connectivity index is 2.01. The van der Waals surface area contributed by atoms with E-state index in [9.17, 15) is 18.0 Å². The molecule has 2 amide bonds. The van der Waals surface area contributed by atoms with Crippen molar-refractivity contribution in [3.05, 3.63) is 90.0 Å². The maximum atomic E-state index is 13.9. The highest BCUT2D eigenvalue weighted by Crippen LogP contribution is 2.26. The van der Waals surface area contributed by atoms with E-state index in [4.69, 9.17) is 4.74 Å². The lowest BCUT2D eigenvalue weighted by atomic mass is 10.1. The standard InChI is InChI=1S/C30H37N3O5S/c1-6-23(3)31-30(35)24(4)32(20-25-14-12-22(2)13-15-25)29(34)21-33(26-16-18-27(38-5)19-17-26)39(36,37)28-10-8-7-9-11-28/h7-19,23-24H,6,20-21H2,1-5H3,(H,31,35)/t23-,24-/m1/s1. The van der Waals surface area contributed by atoms with Crippen molar-refractivity contribution in [1.82, 2.24) is 10.2 Å². The minimum absolute atomic E-state index is 0.0567. The average Bonchev–Trinajstić information content (AvgIpc) is 2.95. The highest BCUT2D eigenvalue weighted by atomic mass is 32.2. The van der Waals surface area contributed by atoms with Gasteiger partial charge < -0.3 is 15.0 Å². The molecular formula is C30H37N3O5S. The van der Waals surface area contributed by atoms with E-state index in [1.54, 1.807) is 49.4 Å². The van der Waals surface area contributed by atoms with Gasteiger partial charge in [0.2, 0.25) is 11.8 Å². The van der Waals surface area contributed by atoms with E-state index >= 15 is 0 Å². The van der Waals surface area contributed by atoms with Gasteiger partial charge in [0.15, 0.2) is 0 Å². The summed E-state index contributed by atoms with van der Waals surface area (Å²) in [7, 11) is -2.59. The van der Waals surface area contributed by atoms with E-state index < -0.39 is 28.5 Å². The summed E-state index contributed by atoms with van der Waals surface area (Å²) in [4.78, 5) is 28.5. The van der Waals surface area contributed by atoms with Crippen LogP contribution in [-0.4, -0.2) is 50.9 Å². The zero-order valence-corrected chi connectivity index (χ0v) is 23.9. The van der Waals surface area contributed by atoms with Crippen molar-refractivity contribution in [1.29, 1.82) is 0 Å². The molecule has 9 heteroatoms. The van der Waals surface area contributed by atoms with Crippen molar-refractivity contribution < 1.29 is 22.7 Å². The van der Waals surface area contributed by atoms with Crippen LogP contribution in [-0.2, 0) is 26.2 Å². The molecule has 2 atom stereocenters. The molecule has 0 aliphatic heterocycles. The number of hydrogen-bond acceptors (Lipinski definition) is 5. The van der Waals surface area contributed by atoms with Gasteiger partial charge in [0, 0.05) is 12.6 Å². The van der Waals surface area contributed by atoms with E-state index in [0.717, 1.165) is 21.9 Å². The van der Waals surface area contributed by atoms with Crippen LogP contribution in [0.1, 0.15) is 38.3 Å². The number of ether oxygens (including phenoxy) is 1. The Labute approximate surface area is 231 Å². The molecule has 0 aromatic heterocycles. The first kappa shape index (κ1) is 29.7. The van der Waals surface area contributed by atoms with Crippen molar-refractivity contribution in [3.8, 4) is 5.75 Å². The molecule has 3 aromatic rings. The van der Waals surface area contributed by atoms with Gasteiger partial charge in [-0.05, 0) is 69.2 Å². The summed E-state index contributed by atoms with van der Waals surface area (Å²) in [6.45, 7) is 7.15. The second kappa shape index (κ2) is 13.3. The number of nitrogens with zero attached hydrogens (tertiary/aromatic N) is 2. The highest BCUT2D eigenvalue weighted by Gasteiger charge is 2.32. The Kier molecular flexibility index (Phi) is 10.1. The third kappa shape index (κ3) is 7.60. The molecule has 8 nitrogen and oxygen atoms in total. The maximum Gasteiger partial charge on any atom is 0.264 e. The van der Waals surface area contributed by atoms with Crippen LogP contribution < -0.4 is 14.4 Å². The Morgan fingerprint density at radius 1 is 0.923 bits per heavy atom. The molecule has 0 aliphatic carbocycles. The molecule has 0 aliphatic rings. The molecule has 1 N–H and O–H groups in total. The molecule has 0 fully saturated rings. The van der Waals surface area contributed by atoms with Gasteiger partial charge in [-0.3, -0.25) is 13.9 Å². The molecule has 3 rings (SSSR count). The predicted octanol–water partition coefficient (Wildman–Crippen LogP) is 4.53. The summed E-state index contributed by atoms with van der Waals surface area (Å²) in [6, 6.07) is 21.2. The third-order valence-corrected chi connectivity index (χ3v) is 8.40. The lowest BCUT2D eigenvalue weighted by molar-refractivity contribution is -0.139. The van der Waals surface area contributed by atoms with Crippen LogP contribution in [0.2, 0.25) is 0 Å². The number of rotatable bonds is 12. The molecule has 0 unspecified atom stereocenters. The Bertz CT molecular complexity index is 1340. The van der Waals surface area contributed by atoms with Gasteiger partial charge in [0.05, 0.1) is 17.7 Å². The lowest BCUT2D eigenvalue weighted by Crippen LogP contribution is -2.52. The fraction of sp³-hybridized carbons (Fsp3) is 0.333. The van der Waals surface area contributed by atoms with Crippen LogP contribution in [0.5, 0.6) is 5.75 Å². The summed E-state index contributed by atoms with van der Waals surface area (Å²) in [5.41, 5.74) is 2.21. The lowest BCUT2D eigenvalue weighted by Gasteiger charge is -2.32. The Hall–Kier alpha value is -3.85. The van der Waals surface area contributed by atoms with Gasteiger partial charge in [-0.25, -0.2) is 8.42 Å². The first-order valence-corrected chi connectivity index (χ1v) is 14.4. The number of methoxy groups -OCH3 is 1. The van der Waals surface area contributed by atoms with Crippen molar-refractivity contribution in [2.24, 2.45) is 0 Å². The maximum absolute atomic E-state index is 13.9. The van der Waals surface area contributed by atoms with Gasteiger partial charge in [0.1, 0.15) is 18.3 Å². The van der Waals surface area contributed by atoms with Gasteiger partial charge in [0.25, 0.3) is 10.0 Å². The quantitative estimate of drug-likeness (QED) is 0.357. The number of benzene rings is 3. The SMILES string of the molecule is CC[C@@H](C)NC(=O)[C@@H](C)N(Cc1ccc(C)cc1)C(=O)CN(c1ccc(OC)cc1)S(=O)(=O)c1ccccc1. The van der Waals surface area contributed by atoms with Crippen LogP contribution in [0.3, 0.4) is 0 Å². The zero-order chi connectivity index (χ0) is 28.6. The van der Waals surface area contributed by atoms with E-state index in [1.165, 1.54) is 24.1 Å². The fourth-order valence-electron chi connectivity index (χ4n) is 3.94. The third-order valence-electron chi connectivity index (χ3n) is 6.61. The van der Waals surface area contributed by atoms with Crippen LogP contribution in [0.4, 0.5) is 5.69 Å². The molecular weight excluding hydrogens is 514 g/mol. The van der Waals surface area contributed by atoms with Crippen molar-refractivity contribution >= 4 is 27.5 Å². The van der Waals surface area contributed by atoms with Crippen molar-refractivity contribution in [3.63, 3.8) is 0 Å². The number of amides is 2. The number of nitrogens with one attached hydrogen (secondary N) is 1. The summed E-state index contributed by atoms with van der Waals surface area (Å²) < 4.78 is 33.8. The van der Waals surface area contributed by atoms with Crippen molar-refractivity contribution in [2.75, 3.05) is 18.0 Å². The van der Waals surface area contributed by atoms with Crippen LogP contribution in [0.15, 0.2) is 83.8 Å². The summed E-state index contributed by atoms with van der Waals surface area (Å²) in [5, 5.41) is 2.93. The smallest absolute Gasteiger partial charge is 0.264 e. The summed E-state index contributed by atoms with van der Waals surface area (Å²) in [5.74, 6) is -0.247. The summed E-state index contributed by atoms with van der Waals surface area (Å²) >= 11 is 0. The monoisotopic (exact) mass is 551 g/mol. The van der Waals surface area contributed by atoms with E-state index in [2.05, 4.69) is 5.32 Å². The van der Waals surface area contributed by atoms with Gasteiger partial charge in [-0.15, -0.1) is 0 Å². The van der Waals surface area contributed by atoms with Crippen LogP contribution >= 0.6 is 0 Å². The first-order chi connectivity index (χ1) is 18.6. The first-order valence-electron chi connectivity index (χ1n) is 12.9. The van der Waals surface area contributed by atoms with Gasteiger partial charge >= 0.3 is 0 Å². The highest BCUT2D eigenvalue weighted by molar-refractivity contribution is 7.92. The molecule has 0 heterocycles. The van der Waals surface area contributed by atoms with Gasteiger partial charge in [-0.2, -0.15) is 0 Å². The largest absolute Gasteiger partial charge is 0.497 e. The van der Waals surface area contributed by atoms with Gasteiger partial charge in [-0.1, -0.05) is 55.0 Å². The molecule has 0 radical (unpaired) electrons. The molecule has 0 spiro atoms. The average molecular weight is 552 g/mol. The molecule has 39 heavy (non-hydrogen) atoms. The number of carbonyl (C=O) groups is 2. The number of carbonyl (C=O) groups excluding carboxylic acids is 2. The second-order valence-corrected chi connectivity index (χ2v) is 11.4. The summed E-state index contributed by atoms with van der Waals surface area (Å²) in [6.07, 6.45) is 0.741. The van der Waals surface area contributed by atoms with E-state index in [-0.39, 0.29) is 23.4 Å². The normalized spacial score (nSPS) is 12.7. The Morgan fingerprint density at radius 3 is 2.10 bits per heavy atom.